The summed E-state index contributed by atoms with van der Waals surface area (Å²) >= 11 is 0. The van der Waals surface area contributed by atoms with Gasteiger partial charge in [-0.3, -0.25) is 4.79 Å². The van der Waals surface area contributed by atoms with Crippen LogP contribution in [0, 0.1) is 24.1 Å². The summed E-state index contributed by atoms with van der Waals surface area (Å²) in [6.45, 7) is 2.76. The maximum Gasteiger partial charge on any atom is 0.256 e. The fourth-order valence-electron chi connectivity index (χ4n) is 1.67. The second-order valence-electron chi connectivity index (χ2n) is 4.18. The summed E-state index contributed by atoms with van der Waals surface area (Å²) in [7, 11) is 1.53. The zero-order valence-corrected chi connectivity index (χ0v) is 11.1. The molecule has 0 radical (unpaired) electrons. The van der Waals surface area contributed by atoms with E-state index in [1.54, 1.807) is 13.0 Å². The summed E-state index contributed by atoms with van der Waals surface area (Å²) in [5, 5.41) is 8.60. The zero-order valence-electron chi connectivity index (χ0n) is 11.1. The van der Waals surface area contributed by atoms with Crippen LogP contribution in [0.5, 0.6) is 0 Å². The molecule has 0 atom stereocenters. The van der Waals surface area contributed by atoms with Crippen molar-refractivity contribution in [3.8, 4) is 6.07 Å². The predicted octanol–water partition coefficient (Wildman–Crippen LogP) is 2.14. The van der Waals surface area contributed by atoms with E-state index in [0.717, 1.165) is 5.56 Å². The van der Waals surface area contributed by atoms with Crippen molar-refractivity contribution in [2.45, 2.75) is 13.3 Å². The highest BCUT2D eigenvalue weighted by molar-refractivity contribution is 5.94. The normalized spacial score (nSPS) is 10.0. The van der Waals surface area contributed by atoms with Crippen LogP contribution < -0.4 is 0 Å². The standard InChI is InChI=1S/C14H17FN2O2/c1-11-4-5-13(15)12(10-11)14(18)17(7-3-6-16)8-9-19-2/h4-5,10H,3,7-9H2,1-2H3. The Bertz CT molecular complexity index is 483. The van der Waals surface area contributed by atoms with Gasteiger partial charge in [-0.05, 0) is 19.1 Å². The summed E-state index contributed by atoms with van der Waals surface area (Å²) in [5.41, 5.74) is 0.853. The van der Waals surface area contributed by atoms with Crippen LogP contribution in [-0.4, -0.2) is 37.6 Å². The first-order valence-electron chi connectivity index (χ1n) is 6.01. The van der Waals surface area contributed by atoms with E-state index in [1.807, 2.05) is 6.07 Å². The molecular formula is C14H17FN2O2. The Kier molecular flexibility index (Phi) is 5.97. The maximum atomic E-state index is 13.7. The predicted molar refractivity (Wildman–Crippen MR) is 69.1 cm³/mol. The van der Waals surface area contributed by atoms with Gasteiger partial charge in [-0.15, -0.1) is 0 Å². The lowest BCUT2D eigenvalue weighted by Gasteiger charge is -2.21. The Balaban J connectivity index is 2.91. The molecule has 0 saturated carbocycles. The minimum absolute atomic E-state index is 0.0362. The average Bonchev–Trinajstić information content (AvgIpc) is 2.41. The van der Waals surface area contributed by atoms with Crippen molar-refractivity contribution in [2.24, 2.45) is 0 Å². The molecule has 0 bridgehead atoms. The van der Waals surface area contributed by atoms with Crippen LogP contribution in [0.2, 0.25) is 0 Å². The number of carbonyl (C=O) groups excluding carboxylic acids is 1. The van der Waals surface area contributed by atoms with E-state index in [0.29, 0.717) is 13.2 Å². The van der Waals surface area contributed by atoms with Gasteiger partial charge in [-0.2, -0.15) is 5.26 Å². The second-order valence-corrected chi connectivity index (χ2v) is 4.18. The first kappa shape index (κ1) is 15.1. The van der Waals surface area contributed by atoms with Gasteiger partial charge in [0.2, 0.25) is 0 Å². The number of nitrogens with zero attached hydrogens (tertiary/aromatic N) is 2. The first-order valence-corrected chi connectivity index (χ1v) is 6.01. The summed E-state index contributed by atoms with van der Waals surface area (Å²) < 4.78 is 18.6. The van der Waals surface area contributed by atoms with Crippen molar-refractivity contribution in [3.05, 3.63) is 35.1 Å². The number of halogens is 1. The number of hydrogen-bond donors (Lipinski definition) is 0. The number of rotatable bonds is 6. The Labute approximate surface area is 112 Å². The number of hydrogen-bond acceptors (Lipinski definition) is 3. The lowest BCUT2D eigenvalue weighted by Crippen LogP contribution is -2.35. The highest BCUT2D eigenvalue weighted by Crippen LogP contribution is 2.13. The molecule has 1 amide bonds. The third kappa shape index (κ3) is 4.34. The third-order valence-corrected chi connectivity index (χ3v) is 2.70. The van der Waals surface area contributed by atoms with Gasteiger partial charge in [0.15, 0.2) is 0 Å². The molecule has 1 rings (SSSR count). The quantitative estimate of drug-likeness (QED) is 0.791. The Hall–Kier alpha value is -1.93. The largest absolute Gasteiger partial charge is 0.383 e. The van der Waals surface area contributed by atoms with Crippen LogP contribution in [-0.2, 0) is 4.74 Å². The SMILES string of the molecule is COCCN(CCC#N)C(=O)c1cc(C)ccc1F. The molecule has 5 heteroatoms. The summed E-state index contributed by atoms with van der Waals surface area (Å²) in [4.78, 5) is 13.7. The minimum Gasteiger partial charge on any atom is -0.383 e. The minimum atomic E-state index is -0.546. The molecule has 1 aromatic rings. The van der Waals surface area contributed by atoms with Crippen molar-refractivity contribution in [3.63, 3.8) is 0 Å². The number of carbonyl (C=O) groups is 1. The van der Waals surface area contributed by atoms with Crippen LogP contribution in [0.3, 0.4) is 0 Å². The van der Waals surface area contributed by atoms with Crippen molar-refractivity contribution < 1.29 is 13.9 Å². The number of aryl methyl sites for hydroxylation is 1. The van der Waals surface area contributed by atoms with Gasteiger partial charge in [-0.25, -0.2) is 4.39 Å². The maximum absolute atomic E-state index is 13.7. The van der Waals surface area contributed by atoms with Gasteiger partial charge in [-0.1, -0.05) is 11.6 Å². The Morgan fingerprint density at radius 2 is 2.21 bits per heavy atom. The molecule has 0 aliphatic carbocycles. The molecule has 4 nitrogen and oxygen atoms in total. The molecular weight excluding hydrogens is 247 g/mol. The van der Waals surface area contributed by atoms with Crippen LogP contribution in [0.15, 0.2) is 18.2 Å². The van der Waals surface area contributed by atoms with E-state index in [4.69, 9.17) is 10.00 Å². The third-order valence-electron chi connectivity index (χ3n) is 2.70. The smallest absolute Gasteiger partial charge is 0.256 e. The van der Waals surface area contributed by atoms with Crippen LogP contribution in [0.1, 0.15) is 22.3 Å². The monoisotopic (exact) mass is 264 g/mol. The molecule has 0 saturated heterocycles. The van der Waals surface area contributed by atoms with Crippen molar-refractivity contribution in [1.29, 1.82) is 5.26 Å². The number of methoxy groups -OCH3 is 1. The topological polar surface area (TPSA) is 53.3 Å². The molecule has 1 aromatic carbocycles. The molecule has 0 N–H and O–H groups in total. The van der Waals surface area contributed by atoms with E-state index in [-0.39, 0.29) is 18.5 Å². The Morgan fingerprint density at radius 3 is 2.84 bits per heavy atom. The lowest BCUT2D eigenvalue weighted by atomic mass is 10.1. The highest BCUT2D eigenvalue weighted by atomic mass is 19.1. The van der Waals surface area contributed by atoms with Crippen LogP contribution in [0.25, 0.3) is 0 Å². The lowest BCUT2D eigenvalue weighted by molar-refractivity contribution is 0.0695. The molecule has 0 aromatic heterocycles. The number of benzene rings is 1. The second kappa shape index (κ2) is 7.49. The highest BCUT2D eigenvalue weighted by Gasteiger charge is 2.18. The summed E-state index contributed by atoms with van der Waals surface area (Å²) in [5.74, 6) is -0.955. The van der Waals surface area contributed by atoms with E-state index in [2.05, 4.69) is 0 Å². The zero-order chi connectivity index (χ0) is 14.3. The molecule has 0 unspecified atom stereocenters. The molecule has 19 heavy (non-hydrogen) atoms. The van der Waals surface area contributed by atoms with Gasteiger partial charge in [0, 0.05) is 20.2 Å². The van der Waals surface area contributed by atoms with Crippen molar-refractivity contribution >= 4 is 5.91 Å². The van der Waals surface area contributed by atoms with Gasteiger partial charge in [0.05, 0.1) is 24.7 Å². The van der Waals surface area contributed by atoms with Gasteiger partial charge < -0.3 is 9.64 Å². The van der Waals surface area contributed by atoms with Gasteiger partial charge in [0.25, 0.3) is 5.91 Å². The van der Waals surface area contributed by atoms with Gasteiger partial charge >= 0.3 is 0 Å². The van der Waals surface area contributed by atoms with Crippen molar-refractivity contribution in [1.82, 2.24) is 4.90 Å². The van der Waals surface area contributed by atoms with Crippen molar-refractivity contribution in [2.75, 3.05) is 26.8 Å². The number of amides is 1. The summed E-state index contributed by atoms with van der Waals surface area (Å²) in [6, 6.07) is 6.39. The molecule has 0 heterocycles. The Morgan fingerprint density at radius 1 is 1.47 bits per heavy atom. The molecule has 0 fully saturated rings. The average molecular weight is 264 g/mol. The number of ether oxygens (including phenoxy) is 1. The molecule has 102 valence electrons. The summed E-state index contributed by atoms with van der Waals surface area (Å²) in [6.07, 6.45) is 0.211. The molecule has 0 aliphatic heterocycles. The fourth-order valence-corrected chi connectivity index (χ4v) is 1.67. The fraction of sp³-hybridized carbons (Fsp3) is 0.429. The molecule has 0 spiro atoms. The number of nitriles is 1. The first-order chi connectivity index (χ1) is 9.10. The van der Waals surface area contributed by atoms with E-state index in [9.17, 15) is 9.18 Å². The van der Waals surface area contributed by atoms with E-state index in [1.165, 1.54) is 24.1 Å². The van der Waals surface area contributed by atoms with E-state index >= 15 is 0 Å². The van der Waals surface area contributed by atoms with Gasteiger partial charge in [0.1, 0.15) is 5.82 Å². The van der Waals surface area contributed by atoms with Crippen LogP contribution >= 0.6 is 0 Å². The molecule has 0 aliphatic rings. The van der Waals surface area contributed by atoms with E-state index < -0.39 is 11.7 Å². The van der Waals surface area contributed by atoms with Crippen LogP contribution in [0.4, 0.5) is 4.39 Å².